The molecule has 0 radical (unpaired) electrons. The number of sulfonamides is 1. The van der Waals surface area contributed by atoms with Crippen LogP contribution in [0, 0.1) is 6.92 Å². The van der Waals surface area contributed by atoms with Gasteiger partial charge in [0.2, 0.25) is 5.91 Å². The van der Waals surface area contributed by atoms with Crippen molar-refractivity contribution in [2.45, 2.75) is 18.4 Å². The molecule has 194 valence electrons. The largest absolute Gasteiger partial charge is 0.348 e. The maximum Gasteiger partial charge on any atom is 0.264 e. The summed E-state index contributed by atoms with van der Waals surface area (Å²) in [5.74, 6) is -1.01. The third kappa shape index (κ3) is 6.37. The molecule has 0 saturated heterocycles. The van der Waals surface area contributed by atoms with E-state index in [4.69, 9.17) is 11.6 Å². The number of hydrogen-bond donors (Lipinski definition) is 2. The van der Waals surface area contributed by atoms with Crippen molar-refractivity contribution in [3.63, 3.8) is 0 Å². The first-order valence-corrected chi connectivity index (χ1v) is 13.5. The Morgan fingerprint density at radius 1 is 0.921 bits per heavy atom. The van der Waals surface area contributed by atoms with Gasteiger partial charge in [0.05, 0.1) is 21.8 Å². The molecule has 2 N–H and O–H groups in total. The highest BCUT2D eigenvalue weighted by molar-refractivity contribution is 7.92. The van der Waals surface area contributed by atoms with Crippen LogP contribution in [0.1, 0.15) is 21.5 Å². The number of aromatic nitrogens is 1. The lowest BCUT2D eigenvalue weighted by Crippen LogP contribution is -2.38. The number of pyridine rings is 1. The van der Waals surface area contributed by atoms with E-state index in [2.05, 4.69) is 15.6 Å². The number of amides is 2. The molecule has 0 aliphatic carbocycles. The summed E-state index contributed by atoms with van der Waals surface area (Å²) >= 11 is 5.95. The second-order valence-corrected chi connectivity index (χ2v) is 10.7. The lowest BCUT2D eigenvalue weighted by Gasteiger charge is -2.25. The molecule has 0 saturated carbocycles. The number of nitrogens with zero attached hydrogens (tertiary/aromatic N) is 2. The highest BCUT2D eigenvalue weighted by atomic mass is 35.5. The minimum absolute atomic E-state index is 0.00636. The average molecular weight is 549 g/mol. The van der Waals surface area contributed by atoms with Crippen LogP contribution in [0.15, 0.2) is 102 Å². The zero-order valence-electron chi connectivity index (χ0n) is 20.5. The first-order valence-electron chi connectivity index (χ1n) is 11.7. The van der Waals surface area contributed by atoms with Gasteiger partial charge in [-0.15, -0.1) is 0 Å². The van der Waals surface area contributed by atoms with Gasteiger partial charge in [-0.25, -0.2) is 8.42 Å². The Morgan fingerprint density at radius 3 is 2.34 bits per heavy atom. The molecule has 1 aromatic heterocycles. The van der Waals surface area contributed by atoms with Gasteiger partial charge < -0.3 is 10.6 Å². The summed E-state index contributed by atoms with van der Waals surface area (Å²) < 4.78 is 28.3. The van der Waals surface area contributed by atoms with Crippen LogP contribution >= 0.6 is 11.6 Å². The number of rotatable bonds is 9. The second-order valence-electron chi connectivity index (χ2n) is 8.39. The number of aryl methyl sites for hydroxylation is 1. The predicted octanol–water partition coefficient (Wildman–Crippen LogP) is 4.81. The topological polar surface area (TPSA) is 108 Å². The van der Waals surface area contributed by atoms with Crippen LogP contribution in [0.25, 0.3) is 0 Å². The highest BCUT2D eigenvalue weighted by Gasteiger charge is 2.28. The maximum atomic E-state index is 13.6. The third-order valence-electron chi connectivity index (χ3n) is 5.69. The SMILES string of the molecule is Cc1ccccc1N(CC(=O)Nc1ccccc1C(=O)NCc1cccnc1)S(=O)(=O)c1ccc(Cl)cc1. The van der Waals surface area contributed by atoms with E-state index in [0.717, 1.165) is 9.87 Å². The number of halogens is 1. The summed E-state index contributed by atoms with van der Waals surface area (Å²) in [4.78, 5) is 30.1. The molecule has 0 aliphatic heterocycles. The van der Waals surface area contributed by atoms with Gasteiger partial charge in [-0.2, -0.15) is 0 Å². The van der Waals surface area contributed by atoms with E-state index in [1.54, 1.807) is 73.9 Å². The van der Waals surface area contributed by atoms with E-state index >= 15 is 0 Å². The van der Waals surface area contributed by atoms with E-state index < -0.39 is 28.4 Å². The first-order chi connectivity index (χ1) is 18.3. The van der Waals surface area contributed by atoms with Crippen LogP contribution in [-0.2, 0) is 21.4 Å². The van der Waals surface area contributed by atoms with Gasteiger partial charge in [-0.05, 0) is 66.6 Å². The Balaban J connectivity index is 1.57. The molecule has 2 amide bonds. The Bertz CT molecular complexity index is 1540. The first kappa shape index (κ1) is 26.8. The van der Waals surface area contributed by atoms with Gasteiger partial charge in [0.15, 0.2) is 0 Å². The number of carbonyl (C=O) groups is 2. The van der Waals surface area contributed by atoms with Crippen molar-refractivity contribution >= 4 is 44.8 Å². The minimum Gasteiger partial charge on any atom is -0.348 e. The molecule has 0 aliphatic rings. The second kappa shape index (κ2) is 11.9. The van der Waals surface area contributed by atoms with Gasteiger partial charge in [0.25, 0.3) is 15.9 Å². The van der Waals surface area contributed by atoms with Crippen LogP contribution in [-0.4, -0.2) is 31.8 Å². The molecular weight excluding hydrogens is 524 g/mol. The quantitative estimate of drug-likeness (QED) is 0.312. The van der Waals surface area contributed by atoms with Crippen LogP contribution in [0.5, 0.6) is 0 Å². The number of hydrogen-bond acceptors (Lipinski definition) is 5. The van der Waals surface area contributed by atoms with Crippen molar-refractivity contribution in [2.75, 3.05) is 16.2 Å². The number of para-hydroxylation sites is 2. The molecule has 0 atom stereocenters. The monoisotopic (exact) mass is 548 g/mol. The van der Waals surface area contributed by atoms with E-state index in [1.807, 2.05) is 6.07 Å². The molecular formula is C28H25ClN4O4S. The van der Waals surface area contributed by atoms with Gasteiger partial charge in [-0.3, -0.25) is 18.9 Å². The fourth-order valence-corrected chi connectivity index (χ4v) is 5.38. The van der Waals surface area contributed by atoms with E-state index in [9.17, 15) is 18.0 Å². The molecule has 0 spiro atoms. The molecule has 0 fully saturated rings. The number of benzene rings is 3. The molecule has 4 aromatic rings. The van der Waals surface area contributed by atoms with Crippen molar-refractivity contribution in [1.82, 2.24) is 10.3 Å². The van der Waals surface area contributed by atoms with Crippen molar-refractivity contribution in [2.24, 2.45) is 0 Å². The molecule has 4 rings (SSSR count). The van der Waals surface area contributed by atoms with Gasteiger partial charge >= 0.3 is 0 Å². The fraction of sp³-hybridized carbons (Fsp3) is 0.107. The average Bonchev–Trinajstić information content (AvgIpc) is 2.92. The Labute approximate surface area is 226 Å². The zero-order chi connectivity index (χ0) is 27.1. The van der Waals surface area contributed by atoms with Crippen molar-refractivity contribution in [3.05, 3.63) is 119 Å². The minimum atomic E-state index is -4.12. The summed E-state index contributed by atoms with van der Waals surface area (Å²) in [5.41, 5.74) is 2.36. The predicted molar refractivity (Wildman–Crippen MR) is 148 cm³/mol. The number of carbonyl (C=O) groups excluding carboxylic acids is 2. The highest BCUT2D eigenvalue weighted by Crippen LogP contribution is 2.27. The van der Waals surface area contributed by atoms with E-state index in [1.165, 1.54) is 24.3 Å². The summed E-state index contributed by atoms with van der Waals surface area (Å²) in [6, 6.07) is 22.8. The van der Waals surface area contributed by atoms with E-state index in [0.29, 0.717) is 16.3 Å². The molecule has 3 aromatic carbocycles. The van der Waals surface area contributed by atoms with Crippen molar-refractivity contribution < 1.29 is 18.0 Å². The molecule has 8 nitrogen and oxygen atoms in total. The lowest BCUT2D eigenvalue weighted by molar-refractivity contribution is -0.114. The maximum absolute atomic E-state index is 13.6. The standard InChI is InChI=1S/C28H25ClN4O4S/c1-20-7-2-5-11-26(20)33(38(36,37)23-14-12-22(29)13-15-23)19-27(34)32-25-10-4-3-9-24(25)28(35)31-18-21-8-6-16-30-17-21/h2-17H,18-19H2,1H3,(H,31,35)(H,32,34). The summed E-state index contributed by atoms with van der Waals surface area (Å²) in [5, 5.41) is 5.90. The lowest BCUT2D eigenvalue weighted by atomic mass is 10.1. The normalized spacial score (nSPS) is 11.0. The zero-order valence-corrected chi connectivity index (χ0v) is 22.0. The van der Waals surface area contributed by atoms with Gasteiger partial charge in [0, 0.05) is 24.0 Å². The summed E-state index contributed by atoms with van der Waals surface area (Å²) in [6.07, 6.45) is 3.29. The van der Waals surface area contributed by atoms with Gasteiger partial charge in [0.1, 0.15) is 6.54 Å². The molecule has 0 bridgehead atoms. The Hall–Kier alpha value is -4.21. The number of anilines is 2. The Kier molecular flexibility index (Phi) is 8.40. The van der Waals surface area contributed by atoms with Crippen LogP contribution < -0.4 is 14.9 Å². The third-order valence-corrected chi connectivity index (χ3v) is 7.72. The summed E-state index contributed by atoms with van der Waals surface area (Å²) in [7, 11) is -4.12. The molecule has 1 heterocycles. The number of nitrogens with one attached hydrogen (secondary N) is 2. The van der Waals surface area contributed by atoms with Crippen LogP contribution in [0.3, 0.4) is 0 Å². The Morgan fingerprint density at radius 2 is 1.63 bits per heavy atom. The van der Waals surface area contributed by atoms with Crippen LogP contribution in [0.2, 0.25) is 5.02 Å². The van der Waals surface area contributed by atoms with Crippen molar-refractivity contribution in [3.8, 4) is 0 Å². The molecule has 0 unspecified atom stereocenters. The smallest absolute Gasteiger partial charge is 0.264 e. The fourth-order valence-electron chi connectivity index (χ4n) is 3.77. The molecule has 38 heavy (non-hydrogen) atoms. The van der Waals surface area contributed by atoms with Crippen LogP contribution in [0.4, 0.5) is 11.4 Å². The summed E-state index contributed by atoms with van der Waals surface area (Å²) in [6.45, 7) is 1.51. The van der Waals surface area contributed by atoms with E-state index in [-0.39, 0.29) is 22.7 Å². The van der Waals surface area contributed by atoms with Gasteiger partial charge in [-0.1, -0.05) is 48.0 Å². The van der Waals surface area contributed by atoms with Crippen molar-refractivity contribution in [1.29, 1.82) is 0 Å². The molecule has 10 heteroatoms.